The molecule has 0 radical (unpaired) electrons. The van der Waals surface area contributed by atoms with Crippen molar-refractivity contribution in [3.05, 3.63) is 90.0 Å². The number of anilines is 2. The van der Waals surface area contributed by atoms with Gasteiger partial charge in [0, 0.05) is 11.9 Å². The number of nitrogens with zero attached hydrogens (tertiary/aromatic N) is 2. The van der Waals surface area contributed by atoms with E-state index in [9.17, 15) is 5.11 Å². The monoisotopic (exact) mass is 400 g/mol. The fourth-order valence-electron chi connectivity index (χ4n) is 3.28. The smallest absolute Gasteiger partial charge is 0.225 e. The van der Waals surface area contributed by atoms with Crippen molar-refractivity contribution in [2.24, 2.45) is 0 Å². The Balaban J connectivity index is 1.60. The first kappa shape index (κ1) is 19.7. The van der Waals surface area contributed by atoms with Crippen molar-refractivity contribution < 1.29 is 9.84 Å². The number of fused-ring (bicyclic) bond motifs is 1. The van der Waals surface area contributed by atoms with Crippen LogP contribution in [0.5, 0.6) is 5.75 Å². The number of hydrogen-bond donors (Lipinski definition) is 3. The van der Waals surface area contributed by atoms with Crippen LogP contribution in [0, 0.1) is 0 Å². The number of aromatic nitrogens is 2. The highest BCUT2D eigenvalue weighted by Crippen LogP contribution is 2.25. The van der Waals surface area contributed by atoms with E-state index in [0.717, 1.165) is 33.6 Å². The molecule has 30 heavy (non-hydrogen) atoms. The van der Waals surface area contributed by atoms with E-state index in [1.807, 2.05) is 78.9 Å². The van der Waals surface area contributed by atoms with Crippen LogP contribution in [-0.2, 0) is 6.54 Å². The van der Waals surface area contributed by atoms with Crippen LogP contribution in [0.4, 0.5) is 11.8 Å². The average Bonchev–Trinajstić information content (AvgIpc) is 2.82. The minimum Gasteiger partial charge on any atom is -0.497 e. The zero-order chi connectivity index (χ0) is 20.8. The highest BCUT2D eigenvalue weighted by atomic mass is 16.5. The molecular weight excluding hydrogens is 376 g/mol. The van der Waals surface area contributed by atoms with Crippen LogP contribution in [-0.4, -0.2) is 28.8 Å². The molecule has 1 atom stereocenters. The molecule has 0 bridgehead atoms. The normalized spacial score (nSPS) is 11.8. The molecule has 6 nitrogen and oxygen atoms in total. The third-order valence-corrected chi connectivity index (χ3v) is 4.91. The summed E-state index contributed by atoms with van der Waals surface area (Å²) in [5, 5.41) is 17.5. The molecule has 3 N–H and O–H groups in total. The van der Waals surface area contributed by atoms with Gasteiger partial charge >= 0.3 is 0 Å². The van der Waals surface area contributed by atoms with Gasteiger partial charge in [-0.2, -0.15) is 4.98 Å². The van der Waals surface area contributed by atoms with E-state index in [1.165, 1.54) is 0 Å². The summed E-state index contributed by atoms with van der Waals surface area (Å²) in [6.07, 6.45) is 0. The second-order valence-electron chi connectivity index (χ2n) is 6.90. The van der Waals surface area contributed by atoms with Crippen molar-refractivity contribution in [1.82, 2.24) is 9.97 Å². The molecule has 0 spiro atoms. The maximum atomic E-state index is 9.87. The second-order valence-corrected chi connectivity index (χ2v) is 6.90. The van der Waals surface area contributed by atoms with E-state index in [4.69, 9.17) is 9.72 Å². The zero-order valence-electron chi connectivity index (χ0n) is 16.7. The summed E-state index contributed by atoms with van der Waals surface area (Å²) < 4.78 is 5.22. The Morgan fingerprint density at radius 3 is 2.37 bits per heavy atom. The van der Waals surface area contributed by atoms with Gasteiger partial charge in [-0.25, -0.2) is 4.98 Å². The number of hydrogen-bond acceptors (Lipinski definition) is 6. The minimum atomic E-state index is -0.290. The molecule has 4 rings (SSSR count). The lowest BCUT2D eigenvalue weighted by molar-refractivity contribution is 0.276. The Morgan fingerprint density at radius 2 is 1.63 bits per heavy atom. The summed E-state index contributed by atoms with van der Waals surface area (Å²) in [5.74, 6) is 2.03. The van der Waals surface area contributed by atoms with Crippen LogP contribution in [0.15, 0.2) is 78.9 Å². The number of aliphatic hydroxyl groups excluding tert-OH is 1. The van der Waals surface area contributed by atoms with Crippen LogP contribution in [0.2, 0.25) is 0 Å². The highest BCUT2D eigenvalue weighted by molar-refractivity contribution is 5.90. The SMILES string of the molecule is COc1ccc(CNc2nc(N[C@H](CO)c3ccccc3)nc3ccccc23)cc1. The molecule has 1 aromatic heterocycles. The summed E-state index contributed by atoms with van der Waals surface area (Å²) in [6.45, 7) is 0.557. The zero-order valence-corrected chi connectivity index (χ0v) is 16.7. The molecule has 152 valence electrons. The molecule has 0 fully saturated rings. The van der Waals surface area contributed by atoms with Gasteiger partial charge in [-0.3, -0.25) is 0 Å². The topological polar surface area (TPSA) is 79.3 Å². The number of aliphatic hydroxyl groups is 1. The number of methoxy groups -OCH3 is 1. The highest BCUT2D eigenvalue weighted by Gasteiger charge is 2.14. The quantitative estimate of drug-likeness (QED) is 0.407. The fourth-order valence-corrected chi connectivity index (χ4v) is 3.28. The molecule has 0 unspecified atom stereocenters. The molecule has 0 saturated heterocycles. The standard InChI is InChI=1S/C24H24N4O2/c1-30-19-13-11-17(12-14-19)15-25-23-20-9-5-6-10-21(20)26-24(28-23)27-22(16-29)18-7-3-2-4-8-18/h2-14,22,29H,15-16H2,1H3,(H2,25,26,27,28)/t22-/m1/s1. The Hall–Kier alpha value is -3.64. The summed E-state index contributed by atoms with van der Waals surface area (Å²) in [6, 6.07) is 25.3. The van der Waals surface area contributed by atoms with Crippen molar-refractivity contribution in [3.8, 4) is 5.75 Å². The molecule has 3 aromatic carbocycles. The molecular formula is C24H24N4O2. The lowest BCUT2D eigenvalue weighted by atomic mass is 10.1. The predicted octanol–water partition coefficient (Wildman–Crippen LogP) is 4.40. The van der Waals surface area contributed by atoms with Gasteiger partial charge in [-0.05, 0) is 35.4 Å². The number of rotatable bonds is 8. The van der Waals surface area contributed by atoms with Crippen LogP contribution in [0.3, 0.4) is 0 Å². The van der Waals surface area contributed by atoms with Gasteiger partial charge in [0.15, 0.2) is 0 Å². The first-order chi connectivity index (χ1) is 14.8. The predicted molar refractivity (Wildman–Crippen MR) is 120 cm³/mol. The largest absolute Gasteiger partial charge is 0.497 e. The number of para-hydroxylation sites is 1. The average molecular weight is 400 g/mol. The lowest BCUT2D eigenvalue weighted by Gasteiger charge is -2.18. The van der Waals surface area contributed by atoms with Gasteiger partial charge in [0.1, 0.15) is 11.6 Å². The Labute approximate surface area is 175 Å². The van der Waals surface area contributed by atoms with Gasteiger partial charge in [0.05, 0.1) is 25.3 Å². The molecule has 0 aliphatic heterocycles. The molecule has 0 saturated carbocycles. The molecule has 0 amide bonds. The third kappa shape index (κ3) is 4.50. The van der Waals surface area contributed by atoms with Crippen molar-refractivity contribution in [1.29, 1.82) is 0 Å². The van der Waals surface area contributed by atoms with E-state index in [-0.39, 0.29) is 12.6 Å². The van der Waals surface area contributed by atoms with E-state index in [1.54, 1.807) is 7.11 Å². The molecule has 1 heterocycles. The maximum Gasteiger partial charge on any atom is 0.225 e. The van der Waals surface area contributed by atoms with Crippen LogP contribution >= 0.6 is 0 Å². The van der Waals surface area contributed by atoms with Crippen LogP contribution in [0.1, 0.15) is 17.2 Å². The minimum absolute atomic E-state index is 0.0607. The summed E-state index contributed by atoms with van der Waals surface area (Å²) in [5.41, 5.74) is 2.92. The van der Waals surface area contributed by atoms with Crippen molar-refractivity contribution in [3.63, 3.8) is 0 Å². The van der Waals surface area contributed by atoms with E-state index in [2.05, 4.69) is 15.6 Å². The third-order valence-electron chi connectivity index (χ3n) is 4.91. The first-order valence-corrected chi connectivity index (χ1v) is 9.83. The molecule has 0 aliphatic rings. The fraction of sp³-hybridized carbons (Fsp3) is 0.167. The first-order valence-electron chi connectivity index (χ1n) is 9.83. The lowest BCUT2D eigenvalue weighted by Crippen LogP contribution is -2.17. The molecule has 0 aliphatic carbocycles. The summed E-state index contributed by atoms with van der Waals surface area (Å²) in [4.78, 5) is 9.33. The van der Waals surface area contributed by atoms with Crippen molar-refractivity contribution in [2.75, 3.05) is 24.4 Å². The Morgan fingerprint density at radius 1 is 0.900 bits per heavy atom. The molecule has 6 heteroatoms. The van der Waals surface area contributed by atoms with Crippen molar-refractivity contribution in [2.45, 2.75) is 12.6 Å². The van der Waals surface area contributed by atoms with Gasteiger partial charge < -0.3 is 20.5 Å². The van der Waals surface area contributed by atoms with E-state index in [0.29, 0.717) is 12.5 Å². The summed E-state index contributed by atoms with van der Waals surface area (Å²) >= 11 is 0. The van der Waals surface area contributed by atoms with Crippen LogP contribution in [0.25, 0.3) is 10.9 Å². The van der Waals surface area contributed by atoms with Gasteiger partial charge in [-0.1, -0.05) is 54.6 Å². The van der Waals surface area contributed by atoms with Gasteiger partial charge in [-0.15, -0.1) is 0 Å². The Bertz CT molecular complexity index is 1100. The number of benzene rings is 3. The van der Waals surface area contributed by atoms with Gasteiger partial charge in [0.2, 0.25) is 5.95 Å². The van der Waals surface area contributed by atoms with E-state index >= 15 is 0 Å². The molecule has 4 aromatic rings. The second kappa shape index (κ2) is 9.24. The number of nitrogens with one attached hydrogen (secondary N) is 2. The van der Waals surface area contributed by atoms with E-state index < -0.39 is 0 Å². The van der Waals surface area contributed by atoms with Crippen LogP contribution < -0.4 is 15.4 Å². The maximum absolute atomic E-state index is 9.87. The van der Waals surface area contributed by atoms with Gasteiger partial charge in [0.25, 0.3) is 0 Å². The van der Waals surface area contributed by atoms with Crippen molar-refractivity contribution >= 4 is 22.7 Å². The number of ether oxygens (including phenoxy) is 1. The Kier molecular flexibility index (Phi) is 6.06. The summed E-state index contributed by atoms with van der Waals surface area (Å²) in [7, 11) is 1.66.